The van der Waals surface area contributed by atoms with Gasteiger partial charge < -0.3 is 16.0 Å². The van der Waals surface area contributed by atoms with Crippen molar-refractivity contribution in [1.82, 2.24) is 20.3 Å². The second kappa shape index (κ2) is 11.9. The monoisotopic (exact) mass is 441 g/mol. The van der Waals surface area contributed by atoms with Gasteiger partial charge in [0.25, 0.3) is 5.56 Å². The molecule has 1 saturated carbocycles. The van der Waals surface area contributed by atoms with Crippen LogP contribution in [0.5, 0.6) is 0 Å². The molecule has 0 aliphatic heterocycles. The summed E-state index contributed by atoms with van der Waals surface area (Å²) in [6, 6.07) is 3.58. The third-order valence-corrected chi connectivity index (χ3v) is 5.31. The van der Waals surface area contributed by atoms with Crippen LogP contribution in [0.1, 0.15) is 43.4 Å². The van der Waals surface area contributed by atoms with Crippen molar-refractivity contribution in [3.05, 3.63) is 46.1 Å². The average molecular weight is 442 g/mol. The normalized spacial score (nSPS) is 15.0. The Balaban J connectivity index is 0.00000210. The molecule has 0 radical (unpaired) electrons. The minimum atomic E-state index is -0.293. The summed E-state index contributed by atoms with van der Waals surface area (Å²) in [5, 5.41) is 3.03. The summed E-state index contributed by atoms with van der Waals surface area (Å²) >= 11 is 0. The van der Waals surface area contributed by atoms with Gasteiger partial charge in [-0.1, -0.05) is 19.3 Å². The predicted molar refractivity (Wildman–Crippen MR) is 119 cm³/mol. The van der Waals surface area contributed by atoms with Crippen LogP contribution in [0.2, 0.25) is 0 Å². The first-order chi connectivity index (χ1) is 13.1. The highest BCUT2D eigenvalue weighted by atomic mass is 35.5. The molecule has 2 aromatic rings. The molecular weight excluding hydrogens is 413 g/mol. The standard InChI is InChI=1S/C20H27N5O2.2ClH/c1-13-16(20(27)25-19(23-13)15-8-5-9-22-12-15)10-18(26)24-17(11-21)14-6-3-2-4-7-14;;/h5,8-9,12,14,17H,2-4,6-7,10-11,21H2,1H3,(H,24,26)(H,23,25,27);2*1H. The van der Waals surface area contributed by atoms with Crippen molar-refractivity contribution in [1.29, 1.82) is 0 Å². The zero-order chi connectivity index (χ0) is 19.2. The molecule has 2 aromatic heterocycles. The van der Waals surface area contributed by atoms with E-state index >= 15 is 0 Å². The number of nitrogens with one attached hydrogen (secondary N) is 2. The maximum Gasteiger partial charge on any atom is 0.255 e. The highest BCUT2D eigenvalue weighted by Crippen LogP contribution is 2.26. The van der Waals surface area contributed by atoms with Crippen LogP contribution in [0.25, 0.3) is 11.4 Å². The van der Waals surface area contributed by atoms with Gasteiger partial charge in [-0.15, -0.1) is 24.8 Å². The fourth-order valence-corrected chi connectivity index (χ4v) is 3.78. The van der Waals surface area contributed by atoms with Crippen molar-refractivity contribution in [2.24, 2.45) is 11.7 Å². The Morgan fingerprint density at radius 3 is 2.62 bits per heavy atom. The summed E-state index contributed by atoms with van der Waals surface area (Å²) in [5.41, 5.74) is 7.27. The number of pyridine rings is 1. The summed E-state index contributed by atoms with van der Waals surface area (Å²) in [5.74, 6) is 0.704. The lowest BCUT2D eigenvalue weighted by Gasteiger charge is -2.30. The number of carbonyl (C=O) groups is 1. The van der Waals surface area contributed by atoms with Gasteiger partial charge in [-0.25, -0.2) is 4.98 Å². The van der Waals surface area contributed by atoms with Crippen molar-refractivity contribution in [2.45, 2.75) is 51.5 Å². The second-order valence-corrected chi connectivity index (χ2v) is 7.20. The van der Waals surface area contributed by atoms with Gasteiger partial charge in [0, 0.05) is 41.8 Å². The van der Waals surface area contributed by atoms with Crippen molar-refractivity contribution in [3.8, 4) is 11.4 Å². The van der Waals surface area contributed by atoms with Crippen LogP contribution < -0.4 is 16.6 Å². The van der Waals surface area contributed by atoms with Crippen molar-refractivity contribution < 1.29 is 4.79 Å². The van der Waals surface area contributed by atoms with Crippen molar-refractivity contribution in [2.75, 3.05) is 6.54 Å². The molecule has 1 amide bonds. The molecule has 29 heavy (non-hydrogen) atoms. The van der Waals surface area contributed by atoms with Crippen molar-refractivity contribution in [3.63, 3.8) is 0 Å². The van der Waals surface area contributed by atoms with Gasteiger partial charge in [-0.05, 0) is 37.8 Å². The Kier molecular flexibility index (Phi) is 10.3. The number of nitrogens with zero attached hydrogens (tertiary/aromatic N) is 2. The van der Waals surface area contributed by atoms with Gasteiger partial charge in [0.15, 0.2) is 0 Å². The number of carbonyl (C=O) groups excluding carboxylic acids is 1. The minimum absolute atomic E-state index is 0. The largest absolute Gasteiger partial charge is 0.352 e. The Hall–Kier alpha value is -1.96. The van der Waals surface area contributed by atoms with Gasteiger partial charge in [-0.2, -0.15) is 0 Å². The van der Waals surface area contributed by atoms with Crippen LogP contribution in [-0.2, 0) is 11.2 Å². The maximum absolute atomic E-state index is 12.5. The van der Waals surface area contributed by atoms with E-state index in [1.54, 1.807) is 25.4 Å². The van der Waals surface area contributed by atoms with Gasteiger partial charge in [0.1, 0.15) is 5.82 Å². The predicted octanol–water partition coefficient (Wildman–Crippen LogP) is 2.55. The first-order valence-electron chi connectivity index (χ1n) is 9.58. The number of aromatic amines is 1. The van der Waals surface area contributed by atoms with Crippen molar-refractivity contribution >= 4 is 30.7 Å². The van der Waals surface area contributed by atoms with Crippen LogP contribution in [-0.4, -0.2) is 33.4 Å². The van der Waals surface area contributed by atoms with Crippen LogP contribution in [0.4, 0.5) is 0 Å². The SMILES string of the molecule is Cc1nc(-c2cccnc2)[nH]c(=O)c1CC(=O)NC(CN)C1CCCCC1.Cl.Cl. The van der Waals surface area contributed by atoms with E-state index in [1.165, 1.54) is 19.3 Å². The quantitative estimate of drug-likeness (QED) is 0.636. The second-order valence-electron chi connectivity index (χ2n) is 7.20. The van der Waals surface area contributed by atoms with Crippen LogP contribution in [0.3, 0.4) is 0 Å². The van der Waals surface area contributed by atoms with E-state index in [4.69, 9.17) is 5.73 Å². The number of rotatable bonds is 6. The lowest BCUT2D eigenvalue weighted by Crippen LogP contribution is -2.46. The smallest absolute Gasteiger partial charge is 0.255 e. The fraction of sp³-hybridized carbons (Fsp3) is 0.500. The first kappa shape index (κ1) is 25.1. The summed E-state index contributed by atoms with van der Waals surface area (Å²) in [7, 11) is 0. The summed E-state index contributed by atoms with van der Waals surface area (Å²) < 4.78 is 0. The molecule has 0 aromatic carbocycles. The molecule has 1 aliphatic carbocycles. The van der Waals surface area contributed by atoms with Crippen LogP contribution in [0, 0.1) is 12.8 Å². The molecule has 7 nitrogen and oxygen atoms in total. The van der Waals surface area contributed by atoms with Gasteiger partial charge >= 0.3 is 0 Å². The molecule has 1 aliphatic rings. The van der Waals surface area contributed by atoms with Crippen LogP contribution >= 0.6 is 24.8 Å². The van der Waals surface area contributed by atoms with E-state index in [0.29, 0.717) is 29.5 Å². The summed E-state index contributed by atoms with van der Waals surface area (Å²) in [4.78, 5) is 36.3. The Morgan fingerprint density at radius 1 is 1.31 bits per heavy atom. The van der Waals surface area contributed by atoms with E-state index < -0.39 is 0 Å². The topological polar surface area (TPSA) is 114 Å². The Bertz CT molecular complexity index is 839. The van der Waals surface area contributed by atoms with E-state index in [-0.39, 0.29) is 48.7 Å². The molecule has 3 rings (SSSR count). The van der Waals surface area contributed by atoms with Gasteiger partial charge in [-0.3, -0.25) is 14.6 Å². The molecule has 1 atom stereocenters. The first-order valence-corrected chi connectivity index (χ1v) is 9.58. The molecule has 1 unspecified atom stereocenters. The zero-order valence-corrected chi connectivity index (χ0v) is 18.2. The van der Waals surface area contributed by atoms with Gasteiger partial charge in [0.05, 0.1) is 6.42 Å². The van der Waals surface area contributed by atoms with E-state index in [0.717, 1.165) is 18.4 Å². The lowest BCUT2D eigenvalue weighted by molar-refractivity contribution is -0.121. The number of nitrogens with two attached hydrogens (primary N) is 1. The average Bonchev–Trinajstić information content (AvgIpc) is 2.70. The lowest BCUT2D eigenvalue weighted by atomic mass is 9.84. The molecule has 1 fully saturated rings. The number of aromatic nitrogens is 3. The number of hydrogen-bond donors (Lipinski definition) is 3. The molecule has 4 N–H and O–H groups in total. The number of halogens is 2. The molecule has 0 spiro atoms. The Labute approximate surface area is 183 Å². The summed E-state index contributed by atoms with van der Waals surface area (Å²) in [6.07, 6.45) is 9.14. The minimum Gasteiger partial charge on any atom is -0.352 e. The molecule has 9 heteroatoms. The van der Waals surface area contributed by atoms with Gasteiger partial charge in [0.2, 0.25) is 5.91 Å². The molecule has 0 bridgehead atoms. The molecular formula is C20H29Cl2N5O2. The third-order valence-electron chi connectivity index (χ3n) is 5.31. The molecule has 0 saturated heterocycles. The molecule has 160 valence electrons. The fourth-order valence-electron chi connectivity index (χ4n) is 3.78. The number of aryl methyl sites for hydroxylation is 1. The molecule has 2 heterocycles. The Morgan fingerprint density at radius 2 is 2.03 bits per heavy atom. The van der Waals surface area contributed by atoms with E-state index in [2.05, 4.69) is 20.3 Å². The van der Waals surface area contributed by atoms with E-state index in [1.807, 2.05) is 6.07 Å². The summed E-state index contributed by atoms with van der Waals surface area (Å²) in [6.45, 7) is 2.17. The highest BCUT2D eigenvalue weighted by Gasteiger charge is 2.24. The number of hydrogen-bond acceptors (Lipinski definition) is 5. The number of amides is 1. The number of H-pyrrole nitrogens is 1. The highest BCUT2D eigenvalue weighted by molar-refractivity contribution is 5.85. The third kappa shape index (κ3) is 6.52. The van der Waals surface area contributed by atoms with E-state index in [9.17, 15) is 9.59 Å². The maximum atomic E-state index is 12.5. The zero-order valence-electron chi connectivity index (χ0n) is 16.5. The van der Waals surface area contributed by atoms with Crippen LogP contribution in [0.15, 0.2) is 29.3 Å².